The van der Waals surface area contributed by atoms with E-state index in [0.717, 1.165) is 50.3 Å². The van der Waals surface area contributed by atoms with Crippen LogP contribution in [-0.4, -0.2) is 54.0 Å². The Morgan fingerprint density at radius 1 is 1.09 bits per heavy atom. The van der Waals surface area contributed by atoms with Gasteiger partial charge in [0.15, 0.2) is 0 Å². The molecule has 1 aliphatic carbocycles. The molecular formula is C17H31N3O2S. The van der Waals surface area contributed by atoms with Crippen LogP contribution in [0, 0.1) is 11.3 Å². The van der Waals surface area contributed by atoms with Crippen molar-refractivity contribution in [2.75, 3.05) is 31.1 Å². The van der Waals surface area contributed by atoms with E-state index in [2.05, 4.69) is 31.4 Å². The first kappa shape index (κ1) is 18.4. The van der Waals surface area contributed by atoms with Crippen molar-refractivity contribution in [3.63, 3.8) is 0 Å². The van der Waals surface area contributed by atoms with Crippen LogP contribution in [0.5, 0.6) is 0 Å². The molecule has 2 rings (SSSR count). The molecule has 1 heterocycles. The van der Waals surface area contributed by atoms with Crippen molar-refractivity contribution < 1.29 is 9.59 Å². The minimum absolute atomic E-state index is 0.0808. The molecule has 1 saturated heterocycles. The highest BCUT2D eigenvalue weighted by Gasteiger charge is 2.30. The van der Waals surface area contributed by atoms with Crippen LogP contribution in [0.3, 0.4) is 0 Å². The van der Waals surface area contributed by atoms with Gasteiger partial charge in [-0.3, -0.25) is 4.79 Å². The maximum Gasteiger partial charge on any atom is 0.315 e. The molecule has 0 aromatic heterocycles. The smallest absolute Gasteiger partial charge is 0.315 e. The number of amides is 3. The van der Waals surface area contributed by atoms with E-state index < -0.39 is 0 Å². The van der Waals surface area contributed by atoms with Crippen LogP contribution in [0.2, 0.25) is 0 Å². The molecule has 6 heteroatoms. The van der Waals surface area contributed by atoms with Gasteiger partial charge in [-0.05, 0) is 31.1 Å². The van der Waals surface area contributed by atoms with Gasteiger partial charge in [0.05, 0.1) is 0 Å². The molecule has 2 N–H and O–H groups in total. The first-order valence-electron chi connectivity index (χ1n) is 8.76. The second kappa shape index (κ2) is 8.27. The summed E-state index contributed by atoms with van der Waals surface area (Å²) in [6.45, 7) is 8.77. The Kier molecular flexibility index (Phi) is 6.62. The van der Waals surface area contributed by atoms with Gasteiger partial charge < -0.3 is 15.5 Å². The van der Waals surface area contributed by atoms with Crippen LogP contribution in [0.15, 0.2) is 0 Å². The van der Waals surface area contributed by atoms with Gasteiger partial charge in [-0.1, -0.05) is 20.8 Å². The molecule has 5 nitrogen and oxygen atoms in total. The molecule has 0 radical (unpaired) electrons. The van der Waals surface area contributed by atoms with E-state index in [9.17, 15) is 9.59 Å². The summed E-state index contributed by atoms with van der Waals surface area (Å²) in [5.74, 6) is 2.63. The molecule has 23 heavy (non-hydrogen) atoms. The third-order valence-electron chi connectivity index (χ3n) is 4.51. The van der Waals surface area contributed by atoms with Gasteiger partial charge in [0.25, 0.3) is 0 Å². The van der Waals surface area contributed by atoms with Gasteiger partial charge in [-0.15, -0.1) is 0 Å². The molecule has 0 aromatic carbocycles. The molecule has 0 bridgehead atoms. The van der Waals surface area contributed by atoms with E-state index in [1.165, 1.54) is 0 Å². The van der Waals surface area contributed by atoms with E-state index in [4.69, 9.17) is 0 Å². The summed E-state index contributed by atoms with van der Waals surface area (Å²) in [5.41, 5.74) is 0.0914. The predicted molar refractivity (Wildman–Crippen MR) is 95.6 cm³/mol. The number of hydrogen-bond acceptors (Lipinski definition) is 3. The van der Waals surface area contributed by atoms with Gasteiger partial charge in [0.1, 0.15) is 0 Å². The number of thioether (sulfide) groups is 1. The minimum Gasteiger partial charge on any atom is -0.341 e. The first-order chi connectivity index (χ1) is 10.8. The number of rotatable bonds is 3. The van der Waals surface area contributed by atoms with E-state index in [1.807, 2.05) is 16.7 Å². The second-order valence-electron chi connectivity index (χ2n) is 7.87. The lowest BCUT2D eigenvalue weighted by Gasteiger charge is -2.34. The Balaban J connectivity index is 1.69. The second-order valence-corrected chi connectivity index (χ2v) is 9.10. The molecule has 132 valence electrons. The van der Waals surface area contributed by atoms with Crippen LogP contribution < -0.4 is 10.6 Å². The van der Waals surface area contributed by atoms with Crippen LogP contribution in [-0.2, 0) is 4.79 Å². The largest absolute Gasteiger partial charge is 0.341 e. The number of nitrogens with one attached hydrogen (secondary N) is 2. The van der Waals surface area contributed by atoms with Crippen LogP contribution in [0.1, 0.15) is 46.5 Å². The zero-order chi connectivity index (χ0) is 16.9. The SMILES string of the molecule is CC(C)(C)CNC(=O)NC1CCC(C(=O)N2CCSCC2)CC1. The van der Waals surface area contributed by atoms with E-state index in [-0.39, 0.29) is 23.4 Å². The Labute approximate surface area is 144 Å². The van der Waals surface area contributed by atoms with Gasteiger partial charge in [-0.25, -0.2) is 4.79 Å². The number of carbonyl (C=O) groups excluding carboxylic acids is 2. The third-order valence-corrected chi connectivity index (χ3v) is 5.46. The molecule has 3 amide bonds. The van der Waals surface area contributed by atoms with Crippen LogP contribution in [0.4, 0.5) is 4.79 Å². The summed E-state index contributed by atoms with van der Waals surface area (Å²) in [7, 11) is 0. The predicted octanol–water partition coefficient (Wildman–Crippen LogP) is 2.47. The normalized spacial score (nSPS) is 25.8. The molecule has 0 spiro atoms. The highest BCUT2D eigenvalue weighted by molar-refractivity contribution is 7.99. The fourth-order valence-corrected chi connectivity index (χ4v) is 4.01. The van der Waals surface area contributed by atoms with Crippen molar-refractivity contribution in [2.24, 2.45) is 11.3 Å². The summed E-state index contributed by atoms with van der Waals surface area (Å²) >= 11 is 1.93. The third kappa shape index (κ3) is 6.24. The summed E-state index contributed by atoms with van der Waals surface area (Å²) in [6, 6.07) is 0.124. The lowest BCUT2D eigenvalue weighted by molar-refractivity contribution is -0.136. The topological polar surface area (TPSA) is 61.4 Å². The highest BCUT2D eigenvalue weighted by Crippen LogP contribution is 2.27. The number of nitrogens with zero attached hydrogens (tertiary/aromatic N) is 1. The Hall–Kier alpha value is -0.910. The molecule has 0 atom stereocenters. The van der Waals surface area contributed by atoms with Crippen molar-refractivity contribution in [1.82, 2.24) is 15.5 Å². The van der Waals surface area contributed by atoms with Gasteiger partial charge in [-0.2, -0.15) is 11.8 Å². The van der Waals surface area contributed by atoms with E-state index in [1.54, 1.807) is 0 Å². The zero-order valence-corrected chi connectivity index (χ0v) is 15.5. The van der Waals surface area contributed by atoms with Gasteiger partial charge >= 0.3 is 6.03 Å². The Morgan fingerprint density at radius 2 is 1.70 bits per heavy atom. The molecule has 1 saturated carbocycles. The molecule has 1 aliphatic heterocycles. The van der Waals surface area contributed by atoms with Crippen molar-refractivity contribution in [3.8, 4) is 0 Å². The monoisotopic (exact) mass is 341 g/mol. The molecule has 2 aliphatic rings. The van der Waals surface area contributed by atoms with Crippen molar-refractivity contribution >= 4 is 23.7 Å². The van der Waals surface area contributed by atoms with Gasteiger partial charge in [0.2, 0.25) is 5.91 Å². The summed E-state index contributed by atoms with van der Waals surface area (Å²) in [5, 5.41) is 5.98. The van der Waals surface area contributed by atoms with Crippen LogP contribution >= 0.6 is 11.8 Å². The van der Waals surface area contributed by atoms with Crippen LogP contribution in [0.25, 0.3) is 0 Å². The van der Waals surface area contributed by atoms with Crippen molar-refractivity contribution in [2.45, 2.75) is 52.5 Å². The van der Waals surface area contributed by atoms with Crippen molar-refractivity contribution in [1.29, 1.82) is 0 Å². The molecule has 0 unspecified atom stereocenters. The summed E-state index contributed by atoms with van der Waals surface area (Å²) in [6.07, 6.45) is 3.60. The number of urea groups is 1. The lowest BCUT2D eigenvalue weighted by Crippen LogP contribution is -2.47. The first-order valence-corrected chi connectivity index (χ1v) is 9.91. The number of carbonyl (C=O) groups is 2. The standard InChI is InChI=1S/C17H31N3O2S/c1-17(2,3)12-18-16(22)19-14-6-4-13(5-7-14)15(21)20-8-10-23-11-9-20/h13-14H,4-12H2,1-3H3,(H2,18,19,22). The highest BCUT2D eigenvalue weighted by atomic mass is 32.2. The molecular weight excluding hydrogens is 310 g/mol. The summed E-state index contributed by atoms with van der Waals surface area (Å²) < 4.78 is 0. The van der Waals surface area contributed by atoms with Gasteiger partial charge in [0, 0.05) is 43.1 Å². The van der Waals surface area contributed by atoms with E-state index >= 15 is 0 Å². The molecule has 2 fully saturated rings. The molecule has 0 aromatic rings. The average Bonchev–Trinajstić information content (AvgIpc) is 2.53. The average molecular weight is 342 g/mol. The maximum atomic E-state index is 12.5. The van der Waals surface area contributed by atoms with Crippen molar-refractivity contribution in [3.05, 3.63) is 0 Å². The van der Waals surface area contributed by atoms with E-state index in [0.29, 0.717) is 12.5 Å². The Morgan fingerprint density at radius 3 is 2.26 bits per heavy atom. The fraction of sp³-hybridized carbons (Fsp3) is 0.882. The quantitative estimate of drug-likeness (QED) is 0.829. The fourth-order valence-electron chi connectivity index (χ4n) is 3.11. The zero-order valence-electron chi connectivity index (χ0n) is 14.7. The minimum atomic E-state index is -0.0808. The maximum absolute atomic E-state index is 12.5. The lowest BCUT2D eigenvalue weighted by atomic mass is 9.85. The number of hydrogen-bond donors (Lipinski definition) is 2. The summed E-state index contributed by atoms with van der Waals surface area (Å²) in [4.78, 5) is 26.5. The Bertz CT molecular complexity index is 409.